The summed E-state index contributed by atoms with van der Waals surface area (Å²) in [6.07, 6.45) is 0. The summed E-state index contributed by atoms with van der Waals surface area (Å²) >= 11 is 0. The van der Waals surface area contributed by atoms with Gasteiger partial charge in [-0.25, -0.2) is 4.79 Å². The summed E-state index contributed by atoms with van der Waals surface area (Å²) in [5.41, 5.74) is 2.36. The van der Waals surface area contributed by atoms with Gasteiger partial charge in [-0.3, -0.25) is 9.59 Å². The molecule has 0 saturated heterocycles. The van der Waals surface area contributed by atoms with Crippen molar-refractivity contribution in [2.24, 2.45) is 0 Å². The molecule has 4 rings (SSSR count). The molecule has 0 bridgehead atoms. The quantitative estimate of drug-likeness (QED) is 0.569. The smallest absolute Gasteiger partial charge is 0.323 e. The average molecular weight is 434 g/mol. The van der Waals surface area contributed by atoms with Crippen LogP contribution in [0.2, 0.25) is 0 Å². The van der Waals surface area contributed by atoms with Crippen LogP contribution < -0.4 is 31.0 Å². The SMILES string of the molecule is Cc1ccc(NC(=O)Nc2ccc(C)n(CC(=O)Nc3ccc4c(c3)OCO4)c2=O)cc1. The topological polar surface area (TPSA) is 111 Å². The minimum Gasteiger partial charge on any atom is -0.454 e. The van der Waals surface area contributed by atoms with E-state index < -0.39 is 17.5 Å². The fourth-order valence-corrected chi connectivity index (χ4v) is 3.20. The number of aromatic nitrogens is 1. The van der Waals surface area contributed by atoms with Crippen LogP contribution in [0.25, 0.3) is 0 Å². The Balaban J connectivity index is 1.44. The Bertz CT molecular complexity index is 1230. The van der Waals surface area contributed by atoms with Crippen LogP contribution in [0, 0.1) is 13.8 Å². The minimum atomic E-state index is -0.550. The molecule has 0 atom stereocenters. The third-order valence-corrected chi connectivity index (χ3v) is 4.91. The van der Waals surface area contributed by atoms with Crippen LogP contribution in [0.5, 0.6) is 11.5 Å². The van der Waals surface area contributed by atoms with Crippen LogP contribution in [0.4, 0.5) is 21.9 Å². The third-order valence-electron chi connectivity index (χ3n) is 4.91. The number of fused-ring (bicyclic) bond motifs is 1. The van der Waals surface area contributed by atoms with Gasteiger partial charge in [0.2, 0.25) is 12.7 Å². The van der Waals surface area contributed by atoms with Crippen LogP contribution in [-0.4, -0.2) is 23.3 Å². The maximum atomic E-state index is 12.9. The molecule has 0 aliphatic carbocycles. The maximum Gasteiger partial charge on any atom is 0.323 e. The van der Waals surface area contributed by atoms with E-state index in [9.17, 15) is 14.4 Å². The van der Waals surface area contributed by atoms with Gasteiger partial charge in [0, 0.05) is 23.1 Å². The number of carbonyl (C=O) groups is 2. The van der Waals surface area contributed by atoms with Crippen LogP contribution in [0.15, 0.2) is 59.4 Å². The number of benzene rings is 2. The predicted molar refractivity (Wildman–Crippen MR) is 120 cm³/mol. The average Bonchev–Trinajstić information content (AvgIpc) is 3.23. The standard InChI is InChI=1S/C23H22N4O5/c1-14-3-6-16(7-4-14)25-23(30)26-18-9-5-15(2)27(22(18)29)12-21(28)24-17-8-10-19-20(11-17)32-13-31-19/h3-11H,12-13H2,1-2H3,(H,24,28)(H2,25,26,30). The van der Waals surface area contributed by atoms with Gasteiger partial charge in [0.25, 0.3) is 5.56 Å². The van der Waals surface area contributed by atoms with Gasteiger partial charge in [-0.1, -0.05) is 17.7 Å². The first-order chi connectivity index (χ1) is 15.4. The van der Waals surface area contributed by atoms with E-state index in [-0.39, 0.29) is 19.0 Å². The lowest BCUT2D eigenvalue weighted by Crippen LogP contribution is -2.32. The molecule has 0 radical (unpaired) electrons. The van der Waals surface area contributed by atoms with Gasteiger partial charge in [-0.15, -0.1) is 0 Å². The summed E-state index contributed by atoms with van der Waals surface area (Å²) in [5.74, 6) is 0.759. The molecular weight excluding hydrogens is 412 g/mol. The summed E-state index contributed by atoms with van der Waals surface area (Å²) in [6, 6.07) is 14.9. The van der Waals surface area contributed by atoms with Gasteiger partial charge >= 0.3 is 6.03 Å². The first kappa shape index (κ1) is 21.0. The number of pyridine rings is 1. The Kier molecular flexibility index (Phi) is 5.80. The zero-order valence-electron chi connectivity index (χ0n) is 17.6. The van der Waals surface area contributed by atoms with E-state index >= 15 is 0 Å². The molecule has 32 heavy (non-hydrogen) atoms. The highest BCUT2D eigenvalue weighted by Gasteiger charge is 2.16. The van der Waals surface area contributed by atoms with E-state index in [1.54, 1.807) is 43.3 Å². The summed E-state index contributed by atoms with van der Waals surface area (Å²) in [6.45, 7) is 3.58. The van der Waals surface area contributed by atoms with Crippen LogP contribution in [-0.2, 0) is 11.3 Å². The lowest BCUT2D eigenvalue weighted by molar-refractivity contribution is -0.116. The van der Waals surface area contributed by atoms with Crippen molar-refractivity contribution in [1.82, 2.24) is 4.57 Å². The van der Waals surface area contributed by atoms with Gasteiger partial charge in [0.15, 0.2) is 11.5 Å². The van der Waals surface area contributed by atoms with E-state index in [2.05, 4.69) is 16.0 Å². The first-order valence-corrected chi connectivity index (χ1v) is 9.94. The summed E-state index contributed by atoms with van der Waals surface area (Å²) in [7, 11) is 0. The highest BCUT2D eigenvalue weighted by Crippen LogP contribution is 2.34. The van der Waals surface area contributed by atoms with E-state index in [1.807, 2.05) is 19.1 Å². The van der Waals surface area contributed by atoms with Gasteiger partial charge < -0.3 is 30.0 Å². The molecule has 0 saturated carbocycles. The Hall–Kier alpha value is -4.27. The molecule has 3 N–H and O–H groups in total. The Labute approximate surface area is 184 Å². The summed E-state index contributed by atoms with van der Waals surface area (Å²) < 4.78 is 11.9. The van der Waals surface area contributed by atoms with Crippen molar-refractivity contribution >= 4 is 29.0 Å². The number of nitrogens with one attached hydrogen (secondary N) is 3. The normalized spacial score (nSPS) is 11.7. The maximum absolute atomic E-state index is 12.9. The van der Waals surface area contributed by atoms with Crippen LogP contribution in [0.1, 0.15) is 11.3 Å². The number of anilines is 3. The molecule has 3 amide bonds. The number of hydrogen-bond acceptors (Lipinski definition) is 5. The number of urea groups is 1. The number of nitrogens with zero attached hydrogens (tertiary/aromatic N) is 1. The fourth-order valence-electron chi connectivity index (χ4n) is 3.20. The zero-order valence-corrected chi connectivity index (χ0v) is 17.6. The van der Waals surface area contributed by atoms with Crippen molar-refractivity contribution in [2.75, 3.05) is 22.7 Å². The van der Waals surface area contributed by atoms with Gasteiger partial charge in [0.05, 0.1) is 0 Å². The second-order valence-electron chi connectivity index (χ2n) is 7.34. The van der Waals surface area contributed by atoms with Crippen molar-refractivity contribution in [3.63, 3.8) is 0 Å². The second-order valence-corrected chi connectivity index (χ2v) is 7.34. The summed E-state index contributed by atoms with van der Waals surface area (Å²) in [5, 5.41) is 7.96. The molecule has 2 aromatic carbocycles. The Morgan fingerprint density at radius 3 is 2.38 bits per heavy atom. The molecule has 1 aliphatic rings. The fraction of sp³-hybridized carbons (Fsp3) is 0.174. The molecule has 164 valence electrons. The predicted octanol–water partition coefficient (Wildman–Crippen LogP) is 3.48. The van der Waals surface area contributed by atoms with Gasteiger partial charge in [-0.05, 0) is 50.2 Å². The molecule has 1 aliphatic heterocycles. The molecule has 1 aromatic heterocycles. The zero-order chi connectivity index (χ0) is 22.7. The van der Waals surface area contributed by atoms with E-state index in [4.69, 9.17) is 9.47 Å². The monoisotopic (exact) mass is 434 g/mol. The van der Waals surface area contributed by atoms with Crippen molar-refractivity contribution in [1.29, 1.82) is 0 Å². The van der Waals surface area contributed by atoms with Crippen molar-refractivity contribution in [3.8, 4) is 11.5 Å². The molecule has 3 aromatic rings. The number of ether oxygens (including phenoxy) is 2. The Morgan fingerprint density at radius 2 is 1.59 bits per heavy atom. The van der Waals surface area contributed by atoms with Crippen molar-refractivity contribution < 1.29 is 19.1 Å². The number of carbonyl (C=O) groups excluding carboxylic acids is 2. The number of amides is 3. The van der Waals surface area contributed by atoms with Crippen molar-refractivity contribution in [2.45, 2.75) is 20.4 Å². The van der Waals surface area contributed by atoms with Crippen molar-refractivity contribution in [3.05, 3.63) is 76.2 Å². The molecule has 0 fully saturated rings. The Morgan fingerprint density at radius 1 is 0.875 bits per heavy atom. The van der Waals surface area contributed by atoms with E-state index in [0.29, 0.717) is 28.6 Å². The molecule has 0 unspecified atom stereocenters. The molecular formula is C23H22N4O5. The molecule has 0 spiro atoms. The summed E-state index contributed by atoms with van der Waals surface area (Å²) in [4.78, 5) is 37.7. The molecule has 2 heterocycles. The van der Waals surface area contributed by atoms with Crippen LogP contribution in [0.3, 0.4) is 0 Å². The van der Waals surface area contributed by atoms with Gasteiger partial charge in [-0.2, -0.15) is 0 Å². The lowest BCUT2D eigenvalue weighted by Gasteiger charge is -2.13. The van der Waals surface area contributed by atoms with E-state index in [1.165, 1.54) is 10.6 Å². The largest absolute Gasteiger partial charge is 0.454 e. The lowest BCUT2D eigenvalue weighted by atomic mass is 10.2. The molecule has 9 nitrogen and oxygen atoms in total. The number of rotatable bonds is 5. The third kappa shape index (κ3) is 4.72. The van der Waals surface area contributed by atoms with Crippen LogP contribution >= 0.6 is 0 Å². The van der Waals surface area contributed by atoms with Gasteiger partial charge in [0.1, 0.15) is 12.2 Å². The highest BCUT2D eigenvalue weighted by atomic mass is 16.7. The molecule has 9 heteroatoms. The number of aryl methyl sites for hydroxylation is 2. The highest BCUT2D eigenvalue weighted by molar-refractivity contribution is 5.99. The first-order valence-electron chi connectivity index (χ1n) is 9.94. The minimum absolute atomic E-state index is 0.0658. The number of hydrogen-bond donors (Lipinski definition) is 3. The van der Waals surface area contributed by atoms with E-state index in [0.717, 1.165) is 5.56 Å². The second kappa shape index (κ2) is 8.84.